The predicted molar refractivity (Wildman–Crippen MR) is 80.7 cm³/mol. The van der Waals surface area contributed by atoms with Crippen LogP contribution in [0.15, 0.2) is 9.59 Å². The van der Waals surface area contributed by atoms with Crippen molar-refractivity contribution in [1.29, 1.82) is 5.26 Å². The van der Waals surface area contributed by atoms with Crippen molar-refractivity contribution >= 4 is 5.82 Å². The first-order valence-corrected chi connectivity index (χ1v) is 7.39. The molecule has 0 spiro atoms. The normalized spacial score (nSPS) is 28.6. The summed E-state index contributed by atoms with van der Waals surface area (Å²) in [5.74, 6) is 0.653. The molecule has 0 amide bonds. The van der Waals surface area contributed by atoms with Gasteiger partial charge in [0.1, 0.15) is 11.9 Å². The van der Waals surface area contributed by atoms with Crippen molar-refractivity contribution in [1.82, 2.24) is 9.13 Å². The summed E-state index contributed by atoms with van der Waals surface area (Å²) in [6.45, 7) is 4.93. The molecule has 1 aliphatic heterocycles. The van der Waals surface area contributed by atoms with Crippen LogP contribution in [0.2, 0.25) is 0 Å². The second-order valence-electron chi connectivity index (χ2n) is 6.73. The molecular formula is C15H20N4O3. The van der Waals surface area contributed by atoms with Crippen LogP contribution in [0.5, 0.6) is 0 Å². The van der Waals surface area contributed by atoms with Crippen molar-refractivity contribution in [2.24, 2.45) is 25.4 Å². The van der Waals surface area contributed by atoms with E-state index >= 15 is 0 Å². The Kier molecular flexibility index (Phi) is 3.18. The second kappa shape index (κ2) is 4.71. The molecule has 3 rings (SSSR count). The van der Waals surface area contributed by atoms with E-state index in [2.05, 4.69) is 19.2 Å². The number of hydrogen-bond donors (Lipinski definition) is 1. The molecule has 7 heteroatoms. The summed E-state index contributed by atoms with van der Waals surface area (Å²) in [4.78, 5) is 24.2. The maximum absolute atomic E-state index is 12.1. The van der Waals surface area contributed by atoms with Gasteiger partial charge in [0.25, 0.3) is 5.56 Å². The zero-order valence-electron chi connectivity index (χ0n) is 13.2. The summed E-state index contributed by atoms with van der Waals surface area (Å²) in [5.41, 5.74) is -1.14. The van der Waals surface area contributed by atoms with Gasteiger partial charge in [0.15, 0.2) is 5.56 Å². The molecular weight excluding hydrogens is 284 g/mol. The number of hydrogen-bond acceptors (Lipinski definition) is 5. The minimum atomic E-state index is -0.565. The second-order valence-corrected chi connectivity index (χ2v) is 6.73. The summed E-state index contributed by atoms with van der Waals surface area (Å²) in [5, 5.41) is 12.6. The molecule has 0 unspecified atom stereocenters. The van der Waals surface area contributed by atoms with Gasteiger partial charge >= 0.3 is 5.69 Å². The summed E-state index contributed by atoms with van der Waals surface area (Å²) < 4.78 is 8.04. The lowest BCUT2D eigenvalue weighted by molar-refractivity contribution is -0.0925. The quantitative estimate of drug-likeness (QED) is 0.842. The van der Waals surface area contributed by atoms with Gasteiger partial charge in [-0.15, -0.1) is 0 Å². The number of nitriles is 1. The fourth-order valence-electron chi connectivity index (χ4n) is 3.88. The summed E-state index contributed by atoms with van der Waals surface area (Å²) in [7, 11) is 2.95. The van der Waals surface area contributed by atoms with Gasteiger partial charge in [0.05, 0.1) is 6.10 Å². The molecule has 0 aromatic carbocycles. The summed E-state index contributed by atoms with van der Waals surface area (Å²) >= 11 is 0. The van der Waals surface area contributed by atoms with Crippen molar-refractivity contribution in [3.63, 3.8) is 0 Å². The van der Waals surface area contributed by atoms with Gasteiger partial charge in [-0.25, -0.2) is 4.79 Å². The zero-order chi connectivity index (χ0) is 16.2. The number of aromatic nitrogens is 2. The van der Waals surface area contributed by atoms with E-state index in [1.807, 2.05) is 6.07 Å². The molecule has 1 saturated carbocycles. The molecule has 22 heavy (non-hydrogen) atoms. The molecule has 2 heterocycles. The number of nitrogens with zero attached hydrogens (tertiary/aromatic N) is 3. The van der Waals surface area contributed by atoms with Crippen molar-refractivity contribution in [3.8, 4) is 6.07 Å². The fourth-order valence-corrected chi connectivity index (χ4v) is 3.88. The number of ether oxygens (including phenoxy) is 1. The van der Waals surface area contributed by atoms with Crippen LogP contribution >= 0.6 is 0 Å². The van der Waals surface area contributed by atoms with Gasteiger partial charge < -0.3 is 10.1 Å². The Hall–Kier alpha value is -2.07. The third kappa shape index (κ3) is 1.77. The zero-order valence-corrected chi connectivity index (χ0v) is 13.2. The van der Waals surface area contributed by atoms with E-state index in [0.717, 1.165) is 17.6 Å². The minimum absolute atomic E-state index is 0.0252. The van der Waals surface area contributed by atoms with E-state index in [0.29, 0.717) is 11.7 Å². The predicted octanol–water partition coefficient (Wildman–Crippen LogP) is 0.181. The van der Waals surface area contributed by atoms with E-state index in [1.165, 1.54) is 11.6 Å². The van der Waals surface area contributed by atoms with Crippen LogP contribution in [0.25, 0.3) is 0 Å². The highest BCUT2D eigenvalue weighted by molar-refractivity contribution is 5.53. The molecule has 2 aliphatic rings. The van der Waals surface area contributed by atoms with Crippen LogP contribution in [0, 0.1) is 22.7 Å². The average molecular weight is 304 g/mol. The van der Waals surface area contributed by atoms with Crippen LogP contribution < -0.4 is 16.6 Å². The van der Waals surface area contributed by atoms with Crippen molar-refractivity contribution in [3.05, 3.63) is 26.4 Å². The van der Waals surface area contributed by atoms with E-state index in [4.69, 9.17) is 4.74 Å². The third-order valence-electron chi connectivity index (χ3n) is 5.17. The maximum atomic E-state index is 12.1. The van der Waals surface area contributed by atoms with Crippen molar-refractivity contribution in [2.75, 3.05) is 11.9 Å². The Balaban J connectivity index is 2.06. The van der Waals surface area contributed by atoms with Gasteiger partial charge in [0, 0.05) is 38.1 Å². The topological polar surface area (TPSA) is 89.1 Å². The van der Waals surface area contributed by atoms with Crippen LogP contribution in [0.1, 0.15) is 25.8 Å². The lowest BCUT2D eigenvalue weighted by Crippen LogP contribution is -2.63. The molecule has 1 aromatic heterocycles. The summed E-state index contributed by atoms with van der Waals surface area (Å²) in [6, 6.07) is 2.00. The monoisotopic (exact) mass is 304 g/mol. The van der Waals surface area contributed by atoms with Gasteiger partial charge in [0.2, 0.25) is 0 Å². The fraction of sp³-hybridized carbons (Fsp3) is 0.667. The van der Waals surface area contributed by atoms with E-state index in [-0.39, 0.29) is 23.1 Å². The molecule has 7 nitrogen and oxygen atoms in total. The summed E-state index contributed by atoms with van der Waals surface area (Å²) in [6.07, 6.45) is 1.14. The van der Waals surface area contributed by atoms with Gasteiger partial charge in [-0.2, -0.15) is 5.26 Å². The first kappa shape index (κ1) is 14.9. The van der Waals surface area contributed by atoms with Crippen LogP contribution in [0.3, 0.4) is 0 Å². The van der Waals surface area contributed by atoms with E-state index < -0.39 is 11.2 Å². The Morgan fingerprint density at radius 3 is 2.64 bits per heavy atom. The Bertz CT molecular complexity index is 784. The van der Waals surface area contributed by atoms with Gasteiger partial charge in [-0.1, -0.05) is 13.8 Å². The smallest absolute Gasteiger partial charge is 0.332 e. The lowest BCUT2D eigenvalue weighted by atomic mass is 9.57. The maximum Gasteiger partial charge on any atom is 0.332 e. The molecule has 0 radical (unpaired) electrons. The number of rotatable bonds is 2. The van der Waals surface area contributed by atoms with Gasteiger partial charge in [-0.05, 0) is 6.42 Å². The Labute approximate surface area is 128 Å². The lowest BCUT2D eigenvalue weighted by Gasteiger charge is -2.55. The molecule has 0 bridgehead atoms. The molecule has 1 N–H and O–H groups in total. The highest BCUT2D eigenvalue weighted by Gasteiger charge is 2.59. The largest absolute Gasteiger partial charge is 0.377 e. The SMILES string of the molecule is Cn1c(N[C@@H]2[C@@H]3CCO[C@@H]3C2(C)C)c(C#N)c(=O)n(C)c1=O. The Morgan fingerprint density at radius 1 is 1.32 bits per heavy atom. The average Bonchev–Trinajstić information content (AvgIpc) is 2.94. The van der Waals surface area contributed by atoms with Crippen LogP contribution in [0.4, 0.5) is 5.82 Å². The molecule has 1 aromatic rings. The molecule has 1 aliphatic carbocycles. The number of nitrogens with one attached hydrogen (secondary N) is 1. The highest BCUT2D eigenvalue weighted by atomic mass is 16.5. The standard InChI is InChI=1S/C15H20N4O3/c1-15(2)10(8-5-6-22-11(8)15)17-12-9(7-16)13(20)19(4)14(21)18(12)3/h8,10-11,17H,5-6H2,1-4H3/t8-,10+,11-/m0/s1. The van der Waals surface area contributed by atoms with E-state index in [1.54, 1.807) is 7.05 Å². The van der Waals surface area contributed by atoms with Crippen molar-refractivity contribution in [2.45, 2.75) is 32.4 Å². The van der Waals surface area contributed by atoms with Crippen LogP contribution in [-0.2, 0) is 18.8 Å². The molecule has 1 saturated heterocycles. The molecule has 118 valence electrons. The third-order valence-corrected chi connectivity index (χ3v) is 5.17. The van der Waals surface area contributed by atoms with Crippen LogP contribution in [-0.4, -0.2) is 27.9 Å². The van der Waals surface area contributed by atoms with Gasteiger partial charge in [-0.3, -0.25) is 13.9 Å². The first-order chi connectivity index (χ1) is 10.3. The highest BCUT2D eigenvalue weighted by Crippen LogP contribution is 2.53. The molecule has 3 atom stereocenters. The Morgan fingerprint density at radius 2 is 2.00 bits per heavy atom. The van der Waals surface area contributed by atoms with E-state index in [9.17, 15) is 14.9 Å². The number of anilines is 1. The van der Waals surface area contributed by atoms with Crippen molar-refractivity contribution < 1.29 is 4.74 Å². The first-order valence-electron chi connectivity index (χ1n) is 7.39. The minimum Gasteiger partial charge on any atom is -0.377 e. The molecule has 2 fully saturated rings. The number of fused-ring (bicyclic) bond motifs is 1.